The summed E-state index contributed by atoms with van der Waals surface area (Å²) in [5.74, 6) is 1.40. The van der Waals surface area contributed by atoms with Crippen molar-refractivity contribution in [2.75, 3.05) is 27.3 Å². The molecule has 1 N–H and O–H groups in total. The van der Waals surface area contributed by atoms with Gasteiger partial charge in [0.15, 0.2) is 22.7 Å². The Kier molecular flexibility index (Phi) is 6.41. The third-order valence-corrected chi connectivity index (χ3v) is 6.57. The van der Waals surface area contributed by atoms with Crippen LogP contribution in [0.1, 0.15) is 46.1 Å². The van der Waals surface area contributed by atoms with Crippen LogP contribution in [0.2, 0.25) is 0 Å². The summed E-state index contributed by atoms with van der Waals surface area (Å²) in [5, 5.41) is 8.22. The molecular weight excluding hydrogens is 460 g/mol. The minimum absolute atomic E-state index is 0.102. The number of hydrogen-bond donors (Lipinski definition) is 1. The van der Waals surface area contributed by atoms with Gasteiger partial charge in [0, 0.05) is 24.6 Å². The van der Waals surface area contributed by atoms with Crippen LogP contribution in [0.15, 0.2) is 47.3 Å². The van der Waals surface area contributed by atoms with Gasteiger partial charge in [-0.2, -0.15) is 0 Å². The van der Waals surface area contributed by atoms with E-state index in [0.29, 0.717) is 48.2 Å². The molecule has 186 valence electrons. The summed E-state index contributed by atoms with van der Waals surface area (Å²) in [6, 6.07) is 13.3. The second kappa shape index (κ2) is 9.80. The molecule has 0 unspecified atom stereocenters. The SMILES string of the molecule is COc1ccc(C(=O)N2CCC[C@@H](c3nc4c(nnn4Cc4ccc(C)cc4)c(=O)[nH]3)C2)cc1OC. The molecule has 2 aromatic heterocycles. The number of benzene rings is 2. The maximum atomic E-state index is 13.3. The van der Waals surface area contributed by atoms with E-state index < -0.39 is 0 Å². The Morgan fingerprint density at radius 1 is 1.11 bits per heavy atom. The van der Waals surface area contributed by atoms with Crippen molar-refractivity contribution >= 4 is 17.1 Å². The van der Waals surface area contributed by atoms with Crippen LogP contribution >= 0.6 is 0 Å². The second-order valence-electron chi connectivity index (χ2n) is 9.02. The molecule has 1 atom stereocenters. The lowest BCUT2D eigenvalue weighted by atomic mass is 9.96. The average Bonchev–Trinajstić information content (AvgIpc) is 3.32. The van der Waals surface area contributed by atoms with Crippen LogP contribution in [0.5, 0.6) is 11.5 Å². The lowest BCUT2D eigenvalue weighted by Gasteiger charge is -2.32. The summed E-state index contributed by atoms with van der Waals surface area (Å²) < 4.78 is 12.3. The molecule has 0 aliphatic carbocycles. The summed E-state index contributed by atoms with van der Waals surface area (Å²) in [7, 11) is 3.10. The standard InChI is InChI=1S/C26H28N6O4/c1-16-6-8-17(9-7-16)14-32-24-22(29-30-32)25(33)28-23(27-24)19-5-4-12-31(15-19)26(34)18-10-11-20(35-2)21(13-18)36-3/h6-11,13,19H,4-5,12,14-15H2,1-3H3,(H,27,28,33)/t19-/m1/s1. The monoisotopic (exact) mass is 488 g/mol. The van der Waals surface area contributed by atoms with Gasteiger partial charge in [0.05, 0.1) is 20.8 Å². The number of fused-ring (bicyclic) bond motifs is 1. The first-order valence-electron chi connectivity index (χ1n) is 11.9. The molecule has 0 saturated carbocycles. The highest BCUT2D eigenvalue weighted by Gasteiger charge is 2.28. The van der Waals surface area contributed by atoms with Crippen molar-refractivity contribution in [1.82, 2.24) is 29.9 Å². The minimum Gasteiger partial charge on any atom is -0.493 e. The van der Waals surface area contributed by atoms with Gasteiger partial charge in [-0.25, -0.2) is 9.67 Å². The number of carbonyl (C=O) groups excluding carboxylic acids is 1. The maximum Gasteiger partial charge on any atom is 0.281 e. The maximum absolute atomic E-state index is 13.3. The molecule has 3 heterocycles. The Balaban J connectivity index is 1.40. The van der Waals surface area contributed by atoms with Gasteiger partial charge in [-0.1, -0.05) is 35.0 Å². The fourth-order valence-electron chi connectivity index (χ4n) is 4.59. The van der Waals surface area contributed by atoms with Crippen LogP contribution in [0.4, 0.5) is 0 Å². The molecule has 0 radical (unpaired) electrons. The molecule has 2 aromatic carbocycles. The van der Waals surface area contributed by atoms with Crippen LogP contribution in [0.3, 0.4) is 0 Å². The number of hydrogen-bond acceptors (Lipinski definition) is 7. The molecule has 1 aliphatic heterocycles. The normalized spacial score (nSPS) is 15.8. The highest BCUT2D eigenvalue weighted by Crippen LogP contribution is 2.30. The van der Waals surface area contributed by atoms with E-state index in [-0.39, 0.29) is 22.9 Å². The lowest BCUT2D eigenvalue weighted by molar-refractivity contribution is 0.0704. The van der Waals surface area contributed by atoms with Crippen LogP contribution in [0.25, 0.3) is 11.2 Å². The molecule has 5 rings (SSSR count). The van der Waals surface area contributed by atoms with Crippen molar-refractivity contribution in [3.63, 3.8) is 0 Å². The van der Waals surface area contributed by atoms with E-state index in [1.54, 1.807) is 42.0 Å². The number of rotatable bonds is 6. The number of methoxy groups -OCH3 is 2. The van der Waals surface area contributed by atoms with E-state index in [1.807, 2.05) is 31.2 Å². The number of amides is 1. The molecule has 10 nitrogen and oxygen atoms in total. The van der Waals surface area contributed by atoms with E-state index in [4.69, 9.17) is 14.5 Å². The van der Waals surface area contributed by atoms with Gasteiger partial charge in [0.1, 0.15) is 5.82 Å². The number of aryl methyl sites for hydroxylation is 1. The zero-order valence-corrected chi connectivity index (χ0v) is 20.5. The van der Waals surface area contributed by atoms with Crippen molar-refractivity contribution in [2.24, 2.45) is 0 Å². The molecule has 0 bridgehead atoms. The second-order valence-corrected chi connectivity index (χ2v) is 9.02. The molecule has 4 aromatic rings. The van der Waals surface area contributed by atoms with Crippen molar-refractivity contribution < 1.29 is 14.3 Å². The Morgan fingerprint density at radius 3 is 2.64 bits per heavy atom. The highest BCUT2D eigenvalue weighted by molar-refractivity contribution is 5.95. The van der Waals surface area contributed by atoms with Gasteiger partial charge in [0.2, 0.25) is 0 Å². The largest absolute Gasteiger partial charge is 0.493 e. The van der Waals surface area contributed by atoms with Gasteiger partial charge < -0.3 is 19.4 Å². The van der Waals surface area contributed by atoms with Crippen LogP contribution in [-0.4, -0.2) is 63.1 Å². The fourth-order valence-corrected chi connectivity index (χ4v) is 4.59. The molecule has 1 amide bonds. The fraction of sp³-hybridized carbons (Fsp3) is 0.346. The number of carbonyl (C=O) groups is 1. The first kappa shape index (κ1) is 23.5. The number of piperidine rings is 1. The Labute approximate surface area is 207 Å². The molecule has 1 fully saturated rings. The van der Waals surface area contributed by atoms with Crippen LogP contribution < -0.4 is 15.0 Å². The summed E-state index contributed by atoms with van der Waals surface area (Å²) in [5.41, 5.74) is 3.06. The van der Waals surface area contributed by atoms with E-state index in [2.05, 4.69) is 15.3 Å². The predicted octanol–water partition coefficient (Wildman–Crippen LogP) is 2.91. The number of ether oxygens (including phenoxy) is 2. The van der Waals surface area contributed by atoms with E-state index in [9.17, 15) is 9.59 Å². The van der Waals surface area contributed by atoms with E-state index >= 15 is 0 Å². The number of nitrogens with zero attached hydrogens (tertiary/aromatic N) is 5. The highest BCUT2D eigenvalue weighted by atomic mass is 16.5. The molecular formula is C26H28N6O4. The quantitative estimate of drug-likeness (QED) is 0.444. The zero-order chi connectivity index (χ0) is 25.2. The third-order valence-electron chi connectivity index (χ3n) is 6.57. The molecule has 1 aliphatic rings. The number of H-pyrrole nitrogens is 1. The van der Waals surface area contributed by atoms with Crippen molar-refractivity contribution in [2.45, 2.75) is 32.2 Å². The molecule has 0 spiro atoms. The summed E-state index contributed by atoms with van der Waals surface area (Å²) in [6.45, 7) is 3.57. The van der Waals surface area contributed by atoms with Crippen molar-refractivity contribution in [1.29, 1.82) is 0 Å². The number of likely N-dealkylation sites (tertiary alicyclic amines) is 1. The van der Waals surface area contributed by atoms with Crippen LogP contribution in [-0.2, 0) is 6.54 Å². The molecule has 36 heavy (non-hydrogen) atoms. The molecule has 10 heteroatoms. The van der Waals surface area contributed by atoms with Crippen molar-refractivity contribution in [3.05, 3.63) is 75.3 Å². The van der Waals surface area contributed by atoms with Gasteiger partial charge in [-0.15, -0.1) is 5.10 Å². The number of nitrogens with one attached hydrogen (secondary N) is 1. The summed E-state index contributed by atoms with van der Waals surface area (Å²) in [4.78, 5) is 35.5. The van der Waals surface area contributed by atoms with E-state index in [0.717, 1.165) is 18.4 Å². The van der Waals surface area contributed by atoms with Gasteiger partial charge in [-0.3, -0.25) is 9.59 Å². The summed E-state index contributed by atoms with van der Waals surface area (Å²) >= 11 is 0. The van der Waals surface area contributed by atoms with Crippen LogP contribution in [0, 0.1) is 6.92 Å². The number of aromatic amines is 1. The third kappa shape index (κ3) is 4.53. The first-order valence-corrected chi connectivity index (χ1v) is 11.9. The predicted molar refractivity (Wildman–Crippen MR) is 134 cm³/mol. The van der Waals surface area contributed by atoms with Gasteiger partial charge in [0.25, 0.3) is 11.5 Å². The van der Waals surface area contributed by atoms with Gasteiger partial charge in [-0.05, 0) is 43.5 Å². The summed E-state index contributed by atoms with van der Waals surface area (Å²) in [6.07, 6.45) is 1.61. The minimum atomic E-state index is -0.325. The van der Waals surface area contributed by atoms with E-state index in [1.165, 1.54) is 5.56 Å². The van der Waals surface area contributed by atoms with Gasteiger partial charge >= 0.3 is 0 Å². The Bertz CT molecular complexity index is 1460. The van der Waals surface area contributed by atoms with Crippen molar-refractivity contribution in [3.8, 4) is 11.5 Å². The smallest absolute Gasteiger partial charge is 0.281 e. The number of aromatic nitrogens is 5. The zero-order valence-electron chi connectivity index (χ0n) is 20.5. The average molecular weight is 489 g/mol. The lowest BCUT2D eigenvalue weighted by Crippen LogP contribution is -2.40. The Hall–Kier alpha value is -4.21. The molecule has 1 saturated heterocycles. The first-order chi connectivity index (χ1) is 17.5. The Morgan fingerprint density at radius 2 is 1.89 bits per heavy atom. The topological polar surface area (TPSA) is 115 Å².